The van der Waals surface area contributed by atoms with Crippen molar-refractivity contribution in [2.45, 2.75) is 6.54 Å². The summed E-state index contributed by atoms with van der Waals surface area (Å²) in [5.41, 5.74) is 3.77. The Balaban J connectivity index is 2.30. The Kier molecular flexibility index (Phi) is 1.93. The number of hydrogen-bond acceptors (Lipinski definition) is 3. The van der Waals surface area contributed by atoms with Crippen LogP contribution in [0.3, 0.4) is 0 Å². The van der Waals surface area contributed by atoms with Gasteiger partial charge in [-0.25, -0.2) is 4.73 Å². The minimum absolute atomic E-state index is 0.500. The molecule has 0 fully saturated rings. The van der Waals surface area contributed by atoms with E-state index in [0.29, 0.717) is 11.3 Å². The highest BCUT2D eigenvalue weighted by molar-refractivity contribution is 5.91. The van der Waals surface area contributed by atoms with E-state index in [2.05, 4.69) is 9.98 Å². The van der Waals surface area contributed by atoms with Crippen LogP contribution < -0.4 is 4.73 Å². The van der Waals surface area contributed by atoms with Crippen LogP contribution in [0.25, 0.3) is 11.3 Å². The minimum Gasteiger partial charge on any atom is -0.711 e. The van der Waals surface area contributed by atoms with E-state index in [1.807, 2.05) is 30.5 Å². The first-order chi connectivity index (χ1) is 7.84. The van der Waals surface area contributed by atoms with Gasteiger partial charge >= 0.3 is 0 Å². The molecule has 78 valence electrons. The van der Waals surface area contributed by atoms with Gasteiger partial charge in [0.1, 0.15) is 6.20 Å². The molecule has 1 aromatic heterocycles. The molecule has 2 heterocycles. The van der Waals surface area contributed by atoms with E-state index in [1.165, 1.54) is 12.5 Å². The van der Waals surface area contributed by atoms with Crippen LogP contribution in [0.15, 0.2) is 41.8 Å². The maximum atomic E-state index is 11.2. The van der Waals surface area contributed by atoms with Crippen molar-refractivity contribution in [2.75, 3.05) is 0 Å². The molecule has 0 saturated carbocycles. The number of nitrogens with zero attached hydrogens (tertiary/aromatic N) is 3. The van der Waals surface area contributed by atoms with Crippen molar-refractivity contribution >= 4 is 6.21 Å². The summed E-state index contributed by atoms with van der Waals surface area (Å²) in [5.74, 6) is 0. The number of aromatic nitrogens is 2. The summed E-state index contributed by atoms with van der Waals surface area (Å²) in [5, 5.41) is 11.2. The molecular weight excluding hydrogens is 202 g/mol. The van der Waals surface area contributed by atoms with Gasteiger partial charge in [0, 0.05) is 17.3 Å². The SMILES string of the molecule is [O-][n+]1cnc2c(c1)CN=Cc1ccccc1-2. The first-order valence-electron chi connectivity index (χ1n) is 5.01. The summed E-state index contributed by atoms with van der Waals surface area (Å²) in [4.78, 5) is 8.47. The van der Waals surface area contributed by atoms with Crippen molar-refractivity contribution in [3.05, 3.63) is 53.1 Å². The highest BCUT2D eigenvalue weighted by atomic mass is 16.5. The summed E-state index contributed by atoms with van der Waals surface area (Å²) < 4.78 is 0.711. The second-order valence-electron chi connectivity index (χ2n) is 3.66. The summed E-state index contributed by atoms with van der Waals surface area (Å²) in [6, 6.07) is 7.91. The van der Waals surface area contributed by atoms with E-state index < -0.39 is 0 Å². The fraction of sp³-hybridized carbons (Fsp3) is 0.0833. The molecule has 0 saturated heterocycles. The second kappa shape index (κ2) is 3.41. The fourth-order valence-corrected chi connectivity index (χ4v) is 1.87. The van der Waals surface area contributed by atoms with Crippen molar-refractivity contribution < 1.29 is 4.73 Å². The average molecular weight is 211 g/mol. The van der Waals surface area contributed by atoms with Gasteiger partial charge in [-0.05, 0) is 11.1 Å². The number of fused-ring (bicyclic) bond motifs is 3. The maximum absolute atomic E-state index is 11.2. The zero-order chi connectivity index (χ0) is 11.0. The third kappa shape index (κ3) is 1.35. The summed E-state index contributed by atoms with van der Waals surface area (Å²) in [7, 11) is 0. The molecule has 2 aromatic rings. The van der Waals surface area contributed by atoms with Crippen LogP contribution in [-0.2, 0) is 6.54 Å². The van der Waals surface area contributed by atoms with Gasteiger partial charge in [-0.1, -0.05) is 18.2 Å². The molecule has 3 rings (SSSR count). The molecule has 0 unspecified atom stereocenters. The van der Waals surface area contributed by atoms with Gasteiger partial charge < -0.3 is 5.21 Å². The summed E-state index contributed by atoms with van der Waals surface area (Å²) in [6.07, 6.45) is 4.63. The van der Waals surface area contributed by atoms with Crippen LogP contribution >= 0.6 is 0 Å². The zero-order valence-electron chi connectivity index (χ0n) is 8.50. The normalized spacial score (nSPS) is 12.8. The predicted octanol–water partition coefficient (Wildman–Crippen LogP) is 1.31. The Hall–Kier alpha value is -2.23. The highest BCUT2D eigenvalue weighted by Gasteiger charge is 2.17. The zero-order valence-corrected chi connectivity index (χ0v) is 8.50. The summed E-state index contributed by atoms with van der Waals surface area (Å²) >= 11 is 0. The number of aliphatic imine (C=N–C) groups is 1. The van der Waals surface area contributed by atoms with Gasteiger partial charge in [0.05, 0.1) is 12.1 Å². The molecule has 4 nitrogen and oxygen atoms in total. The van der Waals surface area contributed by atoms with Crippen LogP contribution in [0.2, 0.25) is 0 Å². The first kappa shape index (κ1) is 9.03. The number of rotatable bonds is 0. The molecule has 0 aliphatic carbocycles. The second-order valence-corrected chi connectivity index (χ2v) is 3.66. The lowest BCUT2D eigenvalue weighted by atomic mass is 10.0. The van der Waals surface area contributed by atoms with Crippen LogP contribution in [0.4, 0.5) is 0 Å². The van der Waals surface area contributed by atoms with Gasteiger partial charge in [0.15, 0.2) is 5.69 Å². The van der Waals surface area contributed by atoms with E-state index >= 15 is 0 Å². The standard InChI is InChI=1S/C12H9N3O/c16-15-7-10-6-13-5-9-3-1-2-4-11(9)12(10)14-8-15/h1-5,7-8H,6H2. The van der Waals surface area contributed by atoms with Gasteiger partial charge in [0.25, 0.3) is 6.33 Å². The van der Waals surface area contributed by atoms with E-state index in [0.717, 1.165) is 22.4 Å². The molecule has 0 radical (unpaired) electrons. The molecule has 0 atom stereocenters. The topological polar surface area (TPSA) is 52.2 Å². The first-order valence-corrected chi connectivity index (χ1v) is 5.01. The molecule has 0 N–H and O–H groups in total. The van der Waals surface area contributed by atoms with Gasteiger partial charge in [-0.15, -0.1) is 0 Å². The van der Waals surface area contributed by atoms with E-state index in [9.17, 15) is 5.21 Å². The smallest absolute Gasteiger partial charge is 0.289 e. The Morgan fingerprint density at radius 1 is 1.25 bits per heavy atom. The van der Waals surface area contributed by atoms with Crippen LogP contribution in [0.1, 0.15) is 11.1 Å². The van der Waals surface area contributed by atoms with Crippen molar-refractivity contribution in [1.82, 2.24) is 4.98 Å². The molecule has 16 heavy (non-hydrogen) atoms. The van der Waals surface area contributed by atoms with Gasteiger partial charge in [-0.2, -0.15) is 0 Å². The fourth-order valence-electron chi connectivity index (χ4n) is 1.87. The molecule has 1 aliphatic rings. The molecule has 0 bridgehead atoms. The molecule has 0 spiro atoms. The molecule has 0 amide bonds. The van der Waals surface area contributed by atoms with E-state index in [4.69, 9.17) is 0 Å². The van der Waals surface area contributed by atoms with E-state index in [1.54, 1.807) is 0 Å². The van der Waals surface area contributed by atoms with Crippen molar-refractivity contribution in [3.63, 3.8) is 0 Å². The third-order valence-electron chi connectivity index (χ3n) is 2.60. The molecule has 1 aliphatic heterocycles. The van der Waals surface area contributed by atoms with Crippen LogP contribution in [0, 0.1) is 5.21 Å². The number of benzene rings is 1. The Morgan fingerprint density at radius 2 is 2.12 bits per heavy atom. The Morgan fingerprint density at radius 3 is 3.06 bits per heavy atom. The van der Waals surface area contributed by atoms with Crippen molar-refractivity contribution in [1.29, 1.82) is 0 Å². The average Bonchev–Trinajstić information content (AvgIpc) is 2.47. The number of hydrogen-bond donors (Lipinski definition) is 0. The van der Waals surface area contributed by atoms with Crippen LogP contribution in [-0.4, -0.2) is 11.2 Å². The van der Waals surface area contributed by atoms with Crippen LogP contribution in [0.5, 0.6) is 0 Å². The van der Waals surface area contributed by atoms with Gasteiger partial charge in [0.2, 0.25) is 0 Å². The predicted molar refractivity (Wildman–Crippen MR) is 59.9 cm³/mol. The van der Waals surface area contributed by atoms with Crippen molar-refractivity contribution in [2.24, 2.45) is 4.99 Å². The third-order valence-corrected chi connectivity index (χ3v) is 2.60. The highest BCUT2D eigenvalue weighted by Crippen LogP contribution is 2.25. The lowest BCUT2D eigenvalue weighted by molar-refractivity contribution is -0.609. The molecular formula is C12H9N3O. The monoisotopic (exact) mass is 211 g/mol. The van der Waals surface area contributed by atoms with E-state index in [-0.39, 0.29) is 0 Å². The largest absolute Gasteiger partial charge is 0.711 e. The van der Waals surface area contributed by atoms with Crippen molar-refractivity contribution in [3.8, 4) is 11.3 Å². The lowest BCUT2D eigenvalue weighted by Gasteiger charge is -2.04. The van der Waals surface area contributed by atoms with Gasteiger partial charge in [-0.3, -0.25) is 4.99 Å². The molecule has 1 aromatic carbocycles. The lowest BCUT2D eigenvalue weighted by Crippen LogP contribution is -2.26. The molecule has 4 heteroatoms. The Bertz CT molecular complexity index is 578. The quantitative estimate of drug-likeness (QED) is 0.487. The summed E-state index contributed by atoms with van der Waals surface area (Å²) in [6.45, 7) is 0.500. The minimum atomic E-state index is 0.500. The maximum Gasteiger partial charge on any atom is 0.289 e. The Labute approximate surface area is 92.5 Å².